The highest BCUT2D eigenvalue weighted by atomic mass is 79.9. The molecule has 0 saturated heterocycles. The maximum atomic E-state index is 13.6. The molecule has 0 saturated carbocycles. The van der Waals surface area contributed by atoms with Crippen molar-refractivity contribution in [1.29, 1.82) is 0 Å². The summed E-state index contributed by atoms with van der Waals surface area (Å²) in [6.07, 6.45) is 1.55. The van der Waals surface area contributed by atoms with Gasteiger partial charge in [-0.3, -0.25) is 0 Å². The number of nitrogen functional groups attached to an aromatic ring is 1. The zero-order chi connectivity index (χ0) is 13.1. The molecule has 0 atom stereocenters. The zero-order valence-electron chi connectivity index (χ0n) is 9.87. The minimum atomic E-state index is -0.383. The van der Waals surface area contributed by atoms with Gasteiger partial charge in [0.2, 0.25) is 0 Å². The number of aromatic nitrogens is 1. The molecular formula is C13H13BrFN3. The predicted octanol–water partition coefficient (Wildman–Crippen LogP) is 3.49. The van der Waals surface area contributed by atoms with Gasteiger partial charge in [0.25, 0.3) is 0 Å². The number of anilines is 2. The average molecular weight is 310 g/mol. The lowest BCUT2D eigenvalue weighted by Crippen LogP contribution is -2.06. The lowest BCUT2D eigenvalue weighted by Gasteiger charge is -2.10. The summed E-state index contributed by atoms with van der Waals surface area (Å²) in [6, 6.07) is 7.05. The van der Waals surface area contributed by atoms with Gasteiger partial charge in [0.1, 0.15) is 0 Å². The minimum Gasteiger partial charge on any atom is -0.399 e. The second-order valence-electron chi connectivity index (χ2n) is 3.97. The van der Waals surface area contributed by atoms with Crippen LogP contribution in [0.5, 0.6) is 0 Å². The minimum absolute atomic E-state index is 0.236. The van der Waals surface area contributed by atoms with E-state index in [9.17, 15) is 4.39 Å². The summed E-state index contributed by atoms with van der Waals surface area (Å²) >= 11 is 3.17. The van der Waals surface area contributed by atoms with Crippen LogP contribution in [0.3, 0.4) is 0 Å². The van der Waals surface area contributed by atoms with Gasteiger partial charge >= 0.3 is 0 Å². The average Bonchev–Trinajstić information content (AvgIpc) is 2.33. The van der Waals surface area contributed by atoms with Crippen LogP contribution >= 0.6 is 15.9 Å². The maximum absolute atomic E-state index is 13.6. The molecule has 0 bridgehead atoms. The molecule has 0 amide bonds. The lowest BCUT2D eigenvalue weighted by atomic mass is 10.1. The van der Waals surface area contributed by atoms with Crippen LogP contribution in [0, 0.1) is 12.7 Å². The summed E-state index contributed by atoms with van der Waals surface area (Å²) in [6.45, 7) is 2.43. The third-order valence-corrected chi connectivity index (χ3v) is 3.18. The van der Waals surface area contributed by atoms with Crippen LogP contribution in [-0.2, 0) is 6.54 Å². The molecule has 0 fully saturated rings. The number of nitrogens with two attached hydrogens (primary N) is 1. The second kappa shape index (κ2) is 5.35. The van der Waals surface area contributed by atoms with Gasteiger partial charge in [0.15, 0.2) is 11.6 Å². The van der Waals surface area contributed by atoms with Crippen LogP contribution in [0.2, 0.25) is 0 Å². The van der Waals surface area contributed by atoms with E-state index in [1.807, 2.05) is 25.1 Å². The Morgan fingerprint density at radius 3 is 2.94 bits per heavy atom. The Balaban J connectivity index is 2.14. The van der Waals surface area contributed by atoms with Crippen molar-refractivity contribution in [3.8, 4) is 0 Å². The molecule has 18 heavy (non-hydrogen) atoms. The molecule has 5 heteroatoms. The summed E-state index contributed by atoms with van der Waals surface area (Å²) in [5.41, 5.74) is 8.58. The van der Waals surface area contributed by atoms with Crippen molar-refractivity contribution in [1.82, 2.24) is 4.98 Å². The Bertz CT molecular complexity index is 572. The largest absolute Gasteiger partial charge is 0.399 e. The standard InChI is InChI=1S/C13H13BrFN3/c1-8-9(3-2-4-12(8)16)6-17-13-11(15)5-10(14)7-18-13/h2-5,7H,6,16H2,1H3,(H,17,18). The third-order valence-electron chi connectivity index (χ3n) is 2.74. The topological polar surface area (TPSA) is 50.9 Å². The molecule has 94 valence electrons. The number of hydrogen-bond donors (Lipinski definition) is 2. The monoisotopic (exact) mass is 309 g/mol. The molecule has 0 aliphatic rings. The first-order valence-electron chi connectivity index (χ1n) is 5.47. The Kier molecular flexibility index (Phi) is 3.81. The van der Waals surface area contributed by atoms with Crippen molar-refractivity contribution < 1.29 is 4.39 Å². The SMILES string of the molecule is Cc1c(N)cccc1CNc1ncc(Br)cc1F. The van der Waals surface area contributed by atoms with Crippen LogP contribution in [0.4, 0.5) is 15.9 Å². The molecule has 1 aromatic carbocycles. The molecule has 3 nitrogen and oxygen atoms in total. The van der Waals surface area contributed by atoms with Gasteiger partial charge in [0, 0.05) is 22.9 Å². The first-order chi connectivity index (χ1) is 8.58. The van der Waals surface area contributed by atoms with Crippen LogP contribution in [0.25, 0.3) is 0 Å². The predicted molar refractivity (Wildman–Crippen MR) is 74.8 cm³/mol. The number of nitrogens with zero attached hydrogens (tertiary/aromatic N) is 1. The molecule has 1 heterocycles. The molecule has 0 aliphatic carbocycles. The molecule has 1 aromatic heterocycles. The molecule has 0 aliphatic heterocycles. The molecule has 3 N–H and O–H groups in total. The van der Waals surface area contributed by atoms with E-state index in [1.54, 1.807) is 6.20 Å². The van der Waals surface area contributed by atoms with Crippen LogP contribution in [-0.4, -0.2) is 4.98 Å². The zero-order valence-corrected chi connectivity index (χ0v) is 11.5. The Hall–Kier alpha value is -1.62. The van der Waals surface area contributed by atoms with Gasteiger partial charge in [-0.15, -0.1) is 0 Å². The number of pyridine rings is 1. The van der Waals surface area contributed by atoms with E-state index in [-0.39, 0.29) is 11.6 Å². The quantitative estimate of drug-likeness (QED) is 0.853. The van der Waals surface area contributed by atoms with Crippen LogP contribution in [0.15, 0.2) is 34.9 Å². The van der Waals surface area contributed by atoms with E-state index < -0.39 is 0 Å². The van der Waals surface area contributed by atoms with Crippen molar-refractivity contribution >= 4 is 27.4 Å². The lowest BCUT2D eigenvalue weighted by molar-refractivity contribution is 0.623. The molecule has 2 rings (SSSR count). The number of halogens is 2. The van der Waals surface area contributed by atoms with E-state index in [1.165, 1.54) is 6.07 Å². The van der Waals surface area contributed by atoms with E-state index in [0.29, 0.717) is 11.0 Å². The van der Waals surface area contributed by atoms with Gasteiger partial charge in [-0.25, -0.2) is 9.37 Å². The van der Waals surface area contributed by atoms with Crippen molar-refractivity contribution in [3.63, 3.8) is 0 Å². The van der Waals surface area contributed by atoms with Crippen molar-refractivity contribution in [3.05, 3.63) is 51.9 Å². The van der Waals surface area contributed by atoms with E-state index in [2.05, 4.69) is 26.2 Å². The number of rotatable bonds is 3. The van der Waals surface area contributed by atoms with E-state index >= 15 is 0 Å². The van der Waals surface area contributed by atoms with Gasteiger partial charge in [0.05, 0.1) is 0 Å². The maximum Gasteiger partial charge on any atom is 0.166 e. The summed E-state index contributed by atoms with van der Waals surface area (Å²) in [4.78, 5) is 3.98. The summed E-state index contributed by atoms with van der Waals surface area (Å²) in [5, 5.41) is 2.96. The van der Waals surface area contributed by atoms with Crippen molar-refractivity contribution in [2.24, 2.45) is 0 Å². The molecule has 0 unspecified atom stereocenters. The Labute approximate surface area is 113 Å². The Morgan fingerprint density at radius 1 is 1.44 bits per heavy atom. The molecular weight excluding hydrogens is 297 g/mol. The highest BCUT2D eigenvalue weighted by Gasteiger charge is 2.06. The first-order valence-corrected chi connectivity index (χ1v) is 6.26. The fraction of sp³-hybridized carbons (Fsp3) is 0.154. The van der Waals surface area contributed by atoms with Gasteiger partial charge in [-0.05, 0) is 46.1 Å². The molecule has 0 spiro atoms. The van der Waals surface area contributed by atoms with Crippen molar-refractivity contribution in [2.75, 3.05) is 11.1 Å². The number of nitrogens with one attached hydrogen (secondary N) is 1. The molecule has 2 aromatic rings. The highest BCUT2D eigenvalue weighted by Crippen LogP contribution is 2.19. The van der Waals surface area contributed by atoms with Crippen LogP contribution in [0.1, 0.15) is 11.1 Å². The normalized spacial score (nSPS) is 10.4. The molecule has 0 radical (unpaired) electrons. The van der Waals surface area contributed by atoms with E-state index in [4.69, 9.17) is 5.73 Å². The number of benzene rings is 1. The third kappa shape index (κ3) is 2.79. The highest BCUT2D eigenvalue weighted by molar-refractivity contribution is 9.10. The summed E-state index contributed by atoms with van der Waals surface area (Å²) in [7, 11) is 0. The fourth-order valence-electron chi connectivity index (χ4n) is 1.62. The smallest absolute Gasteiger partial charge is 0.166 e. The van der Waals surface area contributed by atoms with E-state index in [0.717, 1.165) is 16.8 Å². The van der Waals surface area contributed by atoms with Gasteiger partial charge in [-0.2, -0.15) is 0 Å². The summed E-state index contributed by atoms with van der Waals surface area (Å²) in [5.74, 6) is -0.147. The van der Waals surface area contributed by atoms with Crippen molar-refractivity contribution in [2.45, 2.75) is 13.5 Å². The second-order valence-corrected chi connectivity index (χ2v) is 4.88. The van der Waals surface area contributed by atoms with Crippen LogP contribution < -0.4 is 11.1 Å². The van der Waals surface area contributed by atoms with Gasteiger partial charge in [-0.1, -0.05) is 12.1 Å². The Morgan fingerprint density at radius 2 is 2.22 bits per heavy atom. The first kappa shape index (κ1) is 12.8. The fourth-order valence-corrected chi connectivity index (χ4v) is 1.92. The van der Waals surface area contributed by atoms with Gasteiger partial charge < -0.3 is 11.1 Å². The number of hydrogen-bond acceptors (Lipinski definition) is 3. The summed E-state index contributed by atoms with van der Waals surface area (Å²) < 4.78 is 14.2.